The Balaban J connectivity index is 3.03. The average molecular weight is 222 g/mol. The molecule has 0 atom stereocenters. The predicted octanol–water partition coefficient (Wildman–Crippen LogP) is 4.18. The Bertz CT molecular complexity index is 405. The van der Waals surface area contributed by atoms with E-state index in [1.54, 1.807) is 6.07 Å². The van der Waals surface area contributed by atoms with Crippen LogP contribution in [0.15, 0.2) is 24.3 Å². The SMILES string of the molecule is C/C=C(\C)c1ccc(CC(C)=S)c(F)c1. The number of benzene rings is 1. The topological polar surface area (TPSA) is 0 Å². The van der Waals surface area contributed by atoms with Gasteiger partial charge in [0.1, 0.15) is 5.82 Å². The van der Waals surface area contributed by atoms with Crippen LogP contribution in [0, 0.1) is 5.82 Å². The van der Waals surface area contributed by atoms with Crippen LogP contribution in [-0.2, 0) is 6.42 Å². The van der Waals surface area contributed by atoms with Gasteiger partial charge < -0.3 is 0 Å². The van der Waals surface area contributed by atoms with E-state index in [-0.39, 0.29) is 5.82 Å². The molecule has 0 N–H and O–H groups in total. The van der Waals surface area contributed by atoms with E-state index in [0.29, 0.717) is 12.0 Å². The molecule has 0 nitrogen and oxygen atoms in total. The van der Waals surface area contributed by atoms with Crippen LogP contribution in [0.5, 0.6) is 0 Å². The minimum Gasteiger partial charge on any atom is -0.207 e. The van der Waals surface area contributed by atoms with Crippen molar-refractivity contribution in [2.75, 3.05) is 0 Å². The smallest absolute Gasteiger partial charge is 0.127 e. The van der Waals surface area contributed by atoms with Crippen LogP contribution in [0.1, 0.15) is 31.9 Å². The van der Waals surface area contributed by atoms with Gasteiger partial charge in [0.05, 0.1) is 0 Å². The third-order valence-electron chi connectivity index (χ3n) is 2.38. The van der Waals surface area contributed by atoms with Gasteiger partial charge in [0.25, 0.3) is 0 Å². The summed E-state index contributed by atoms with van der Waals surface area (Å²) in [5.41, 5.74) is 2.69. The fourth-order valence-corrected chi connectivity index (χ4v) is 1.53. The highest BCUT2D eigenvalue weighted by Crippen LogP contribution is 2.18. The summed E-state index contributed by atoms with van der Waals surface area (Å²) in [6, 6.07) is 5.32. The summed E-state index contributed by atoms with van der Waals surface area (Å²) in [5, 5.41) is 0. The molecule has 0 bridgehead atoms. The summed E-state index contributed by atoms with van der Waals surface area (Å²) in [5.74, 6) is -0.169. The van der Waals surface area contributed by atoms with Gasteiger partial charge in [-0.2, -0.15) is 0 Å². The molecule has 0 aliphatic rings. The Morgan fingerprint density at radius 1 is 1.40 bits per heavy atom. The summed E-state index contributed by atoms with van der Waals surface area (Å²) in [7, 11) is 0. The first-order chi connectivity index (χ1) is 7.04. The van der Waals surface area contributed by atoms with E-state index in [2.05, 4.69) is 0 Å². The number of thiocarbonyl (C=S) groups is 1. The highest BCUT2D eigenvalue weighted by Gasteiger charge is 2.04. The predicted molar refractivity (Wildman–Crippen MR) is 67.7 cm³/mol. The zero-order valence-corrected chi connectivity index (χ0v) is 10.1. The molecule has 0 spiro atoms. The molecule has 0 fully saturated rings. The van der Waals surface area contributed by atoms with E-state index in [1.165, 1.54) is 0 Å². The molecule has 0 aliphatic carbocycles. The Morgan fingerprint density at radius 3 is 2.53 bits per heavy atom. The molecule has 15 heavy (non-hydrogen) atoms. The maximum absolute atomic E-state index is 13.6. The van der Waals surface area contributed by atoms with E-state index in [4.69, 9.17) is 12.2 Å². The second-order valence-corrected chi connectivity index (χ2v) is 4.35. The van der Waals surface area contributed by atoms with Crippen molar-refractivity contribution in [3.8, 4) is 0 Å². The van der Waals surface area contributed by atoms with E-state index >= 15 is 0 Å². The lowest BCUT2D eigenvalue weighted by Crippen LogP contribution is -1.98. The molecule has 0 saturated heterocycles. The Labute approximate surface area is 95.8 Å². The van der Waals surface area contributed by atoms with Crippen LogP contribution in [0.25, 0.3) is 5.57 Å². The normalized spacial score (nSPS) is 11.6. The van der Waals surface area contributed by atoms with Crippen LogP contribution in [0.4, 0.5) is 4.39 Å². The van der Waals surface area contributed by atoms with Crippen molar-refractivity contribution in [1.82, 2.24) is 0 Å². The molecular weight excluding hydrogens is 207 g/mol. The number of hydrogen-bond donors (Lipinski definition) is 0. The van der Waals surface area contributed by atoms with E-state index in [0.717, 1.165) is 16.0 Å². The number of hydrogen-bond acceptors (Lipinski definition) is 1. The van der Waals surface area contributed by atoms with Crippen molar-refractivity contribution in [3.63, 3.8) is 0 Å². The van der Waals surface area contributed by atoms with Crippen molar-refractivity contribution in [2.45, 2.75) is 27.2 Å². The first kappa shape index (κ1) is 12.1. The minimum absolute atomic E-state index is 0.169. The van der Waals surface area contributed by atoms with Gasteiger partial charge in [0.15, 0.2) is 0 Å². The minimum atomic E-state index is -0.169. The zero-order chi connectivity index (χ0) is 11.4. The fourth-order valence-electron chi connectivity index (χ4n) is 1.37. The second kappa shape index (κ2) is 5.17. The molecule has 0 aromatic heterocycles. The molecule has 2 heteroatoms. The van der Waals surface area contributed by atoms with E-state index < -0.39 is 0 Å². The lowest BCUT2D eigenvalue weighted by molar-refractivity contribution is 0.615. The summed E-state index contributed by atoms with van der Waals surface area (Å²) in [6.45, 7) is 5.75. The Morgan fingerprint density at radius 2 is 2.07 bits per heavy atom. The average Bonchev–Trinajstić information content (AvgIpc) is 2.19. The first-order valence-electron chi connectivity index (χ1n) is 4.95. The van der Waals surface area contributed by atoms with Crippen molar-refractivity contribution in [2.24, 2.45) is 0 Å². The fraction of sp³-hybridized carbons (Fsp3) is 0.308. The van der Waals surface area contributed by atoms with Gasteiger partial charge in [0.2, 0.25) is 0 Å². The van der Waals surface area contributed by atoms with Gasteiger partial charge in [-0.3, -0.25) is 0 Å². The Kier molecular flexibility index (Phi) is 4.15. The summed E-state index contributed by atoms with van der Waals surface area (Å²) in [4.78, 5) is 0.810. The molecule has 0 amide bonds. The maximum Gasteiger partial charge on any atom is 0.127 e. The molecular formula is C13H15FS. The summed E-state index contributed by atoms with van der Waals surface area (Å²) in [6.07, 6.45) is 2.51. The lowest BCUT2D eigenvalue weighted by atomic mass is 10.0. The molecule has 0 heterocycles. The molecule has 1 aromatic rings. The molecule has 0 unspecified atom stereocenters. The molecule has 80 valence electrons. The largest absolute Gasteiger partial charge is 0.207 e. The van der Waals surface area contributed by atoms with Gasteiger partial charge in [0, 0.05) is 6.42 Å². The summed E-state index contributed by atoms with van der Waals surface area (Å²) < 4.78 is 13.6. The third-order valence-corrected chi connectivity index (χ3v) is 2.53. The van der Waals surface area contributed by atoms with Gasteiger partial charge in [-0.15, -0.1) is 0 Å². The molecule has 0 saturated carbocycles. The van der Waals surface area contributed by atoms with Gasteiger partial charge in [-0.25, -0.2) is 4.39 Å². The van der Waals surface area contributed by atoms with Gasteiger partial charge in [-0.05, 0) is 48.4 Å². The van der Waals surface area contributed by atoms with Crippen LogP contribution < -0.4 is 0 Å². The third kappa shape index (κ3) is 3.24. The highest BCUT2D eigenvalue weighted by atomic mass is 32.1. The summed E-state index contributed by atoms with van der Waals surface area (Å²) >= 11 is 4.97. The Hall–Kier alpha value is -1.02. The van der Waals surface area contributed by atoms with Crippen LogP contribution in [0.2, 0.25) is 0 Å². The number of halogens is 1. The van der Waals surface area contributed by atoms with Crippen molar-refractivity contribution < 1.29 is 4.39 Å². The molecule has 1 aromatic carbocycles. The standard InChI is InChI=1S/C13H15FS/c1-4-9(2)11-5-6-12(7-10(3)15)13(14)8-11/h4-6,8H,7H2,1-3H3/b9-4+. The van der Waals surface area contributed by atoms with Crippen molar-refractivity contribution in [3.05, 3.63) is 41.2 Å². The number of allylic oxidation sites excluding steroid dienone is 2. The maximum atomic E-state index is 13.6. The van der Waals surface area contributed by atoms with Crippen molar-refractivity contribution >= 4 is 22.7 Å². The molecule has 1 rings (SSSR count). The lowest BCUT2D eigenvalue weighted by Gasteiger charge is -2.05. The zero-order valence-electron chi connectivity index (χ0n) is 9.30. The van der Waals surface area contributed by atoms with Crippen LogP contribution in [-0.4, -0.2) is 4.86 Å². The van der Waals surface area contributed by atoms with E-state index in [9.17, 15) is 4.39 Å². The van der Waals surface area contributed by atoms with E-state index in [1.807, 2.05) is 39.0 Å². The quantitative estimate of drug-likeness (QED) is 0.691. The van der Waals surface area contributed by atoms with Crippen LogP contribution in [0.3, 0.4) is 0 Å². The molecule has 0 aliphatic heterocycles. The van der Waals surface area contributed by atoms with Crippen molar-refractivity contribution in [1.29, 1.82) is 0 Å². The first-order valence-corrected chi connectivity index (χ1v) is 5.36. The second-order valence-electron chi connectivity index (χ2n) is 3.66. The van der Waals surface area contributed by atoms with Crippen LogP contribution >= 0.6 is 12.2 Å². The monoisotopic (exact) mass is 222 g/mol. The number of rotatable bonds is 3. The van der Waals surface area contributed by atoms with Gasteiger partial charge in [-0.1, -0.05) is 30.4 Å². The van der Waals surface area contributed by atoms with Gasteiger partial charge >= 0.3 is 0 Å². The highest BCUT2D eigenvalue weighted by molar-refractivity contribution is 7.80. The molecule has 0 radical (unpaired) electrons.